The number of rotatable bonds is 8. The highest BCUT2D eigenvalue weighted by atomic mass is 32.2. The number of thioether (sulfide) groups is 1. The van der Waals surface area contributed by atoms with E-state index in [1.807, 2.05) is 0 Å². The Bertz CT molecular complexity index is 2020. The number of halogens is 3. The van der Waals surface area contributed by atoms with Gasteiger partial charge in [-0.3, -0.25) is 33.1 Å². The van der Waals surface area contributed by atoms with Gasteiger partial charge in [0.1, 0.15) is 29.6 Å². The third-order valence-corrected chi connectivity index (χ3v) is 12.9. The molecule has 4 aliphatic carbocycles. The minimum Gasteiger partial charge on any atom is -0.459 e. The summed E-state index contributed by atoms with van der Waals surface area (Å²) in [4.78, 5) is 85.2. The quantitative estimate of drug-likeness (QED) is 0.395. The first-order valence-electron chi connectivity index (χ1n) is 17.0. The molecule has 1 N–H and O–H groups in total. The molecule has 0 bridgehead atoms. The van der Waals surface area contributed by atoms with Gasteiger partial charge >= 0.3 is 17.6 Å². The molecule has 0 unspecified atom stereocenters. The fourth-order valence-corrected chi connectivity index (χ4v) is 10.4. The average molecular weight is 735 g/mol. The normalized spacial score (nSPS) is 35.5. The molecule has 4 aliphatic rings. The van der Waals surface area contributed by atoms with Gasteiger partial charge in [-0.05, 0) is 61.6 Å². The number of nitrogens with one attached hydrogen (secondary N) is 1. The van der Waals surface area contributed by atoms with Gasteiger partial charge in [-0.15, -0.1) is 0 Å². The van der Waals surface area contributed by atoms with E-state index in [2.05, 4.69) is 9.97 Å². The van der Waals surface area contributed by atoms with Gasteiger partial charge in [0.15, 0.2) is 22.7 Å². The molecule has 0 radical (unpaired) electrons. The SMILES string of the molecule is CCC(=O)O[C@]1(C(=O)SCF)[C@H](C)C[C@H]2[C@@H]3C[C@H](F)C4=CC(=O)C=C[C@]4(C)[C@@]3(F)[C@@H](OC(=O)CCc3nc4c([nH]3)c(=O)n(C)c(=O)n4C)C[C@@]21C. The largest absolute Gasteiger partial charge is 0.459 e. The zero-order chi connectivity index (χ0) is 37.4. The number of carbonyl (C=O) groups is 4. The van der Waals surface area contributed by atoms with Crippen molar-refractivity contribution < 1.29 is 41.8 Å². The lowest BCUT2D eigenvalue weighted by Crippen LogP contribution is -2.71. The first-order chi connectivity index (χ1) is 23.9. The Morgan fingerprint density at radius 3 is 2.47 bits per heavy atom. The molecule has 2 aromatic heterocycles. The fourth-order valence-electron chi connectivity index (χ4n) is 9.65. The molecule has 16 heteroatoms. The number of carbonyl (C=O) groups excluding carboxylic acids is 4. The van der Waals surface area contributed by atoms with E-state index in [1.54, 1.807) is 20.8 Å². The van der Waals surface area contributed by atoms with E-state index in [0.717, 1.165) is 16.7 Å². The summed E-state index contributed by atoms with van der Waals surface area (Å²) in [6.45, 7) is 6.32. The van der Waals surface area contributed by atoms with E-state index in [-0.39, 0.29) is 54.7 Å². The van der Waals surface area contributed by atoms with Crippen molar-refractivity contribution in [3.8, 4) is 0 Å². The second-order valence-electron chi connectivity index (χ2n) is 14.7. The number of aromatic nitrogens is 4. The van der Waals surface area contributed by atoms with Crippen molar-refractivity contribution in [3.63, 3.8) is 0 Å². The highest BCUT2D eigenvalue weighted by Crippen LogP contribution is 2.72. The molecular formula is C35H41F3N4O8S. The molecule has 276 valence electrons. The molecule has 12 nitrogen and oxygen atoms in total. The Balaban J connectivity index is 1.42. The number of hydrogen-bond donors (Lipinski definition) is 1. The topological polar surface area (TPSA) is 159 Å². The summed E-state index contributed by atoms with van der Waals surface area (Å²) in [6.07, 6.45) is -0.941. The number of ether oxygens (including phenoxy) is 2. The number of esters is 2. The Kier molecular flexibility index (Phi) is 9.11. The van der Waals surface area contributed by atoms with Crippen LogP contribution in [0.15, 0.2) is 33.4 Å². The number of hydrogen-bond acceptors (Lipinski definition) is 10. The maximum absolute atomic E-state index is 18.6. The summed E-state index contributed by atoms with van der Waals surface area (Å²) in [7, 11) is 2.76. The van der Waals surface area contributed by atoms with Crippen LogP contribution in [0.25, 0.3) is 11.2 Å². The van der Waals surface area contributed by atoms with Crippen molar-refractivity contribution in [2.75, 3.05) is 6.01 Å². The van der Waals surface area contributed by atoms with Gasteiger partial charge < -0.3 is 14.5 Å². The summed E-state index contributed by atoms with van der Waals surface area (Å²) >= 11 is 0.339. The second kappa shape index (κ2) is 12.6. The molecule has 0 amide bonds. The maximum atomic E-state index is 18.6. The van der Waals surface area contributed by atoms with Gasteiger partial charge in [-0.2, -0.15) is 0 Å². The lowest BCUT2D eigenvalue weighted by atomic mass is 9.44. The minimum absolute atomic E-state index is 0.0535. The van der Waals surface area contributed by atoms with Crippen LogP contribution in [0, 0.1) is 28.6 Å². The molecule has 0 aliphatic heterocycles. The third-order valence-electron chi connectivity index (χ3n) is 12.2. The van der Waals surface area contributed by atoms with Crippen molar-refractivity contribution in [1.82, 2.24) is 19.1 Å². The van der Waals surface area contributed by atoms with Crippen LogP contribution in [0.2, 0.25) is 0 Å². The number of nitrogens with zero attached hydrogens (tertiary/aromatic N) is 3. The standard InChI is InChI=1S/C35H41F3N4O8S/c1-7-25(44)50-35(30(47)51-16-36)17(2)12-19-20-14-22(37)21-13-18(43)10-11-32(21,3)34(20,38)23(15-33(19,35)4)49-26(45)9-8-24-39-27-28(40-24)41(5)31(48)42(6)29(27)46/h10-11,13,17,19-20,22-23H,7-9,12,14-16H2,1-6H3,(H,39,40)/t17-,19+,20+,22+,23+,32+,33+,34+,35+/m1/s1. The first kappa shape index (κ1) is 36.8. The molecule has 3 fully saturated rings. The smallest absolute Gasteiger partial charge is 0.332 e. The van der Waals surface area contributed by atoms with Gasteiger partial charge in [0, 0.05) is 49.6 Å². The molecule has 0 saturated heterocycles. The third kappa shape index (κ3) is 5.12. The number of alkyl halides is 3. The number of aromatic amines is 1. The van der Waals surface area contributed by atoms with E-state index < -0.39 is 98.6 Å². The van der Waals surface area contributed by atoms with E-state index in [1.165, 1.54) is 31.7 Å². The van der Waals surface area contributed by atoms with Crippen molar-refractivity contribution >= 4 is 45.8 Å². The van der Waals surface area contributed by atoms with Crippen LogP contribution in [0.4, 0.5) is 13.2 Å². The predicted octanol–water partition coefficient (Wildman–Crippen LogP) is 3.89. The van der Waals surface area contributed by atoms with Crippen molar-refractivity contribution in [2.45, 2.75) is 89.8 Å². The molecular weight excluding hydrogens is 693 g/mol. The summed E-state index contributed by atoms with van der Waals surface area (Å²) < 4.78 is 62.7. The van der Waals surface area contributed by atoms with Crippen molar-refractivity contribution in [3.05, 3.63) is 50.5 Å². The van der Waals surface area contributed by atoms with Crippen LogP contribution in [0.3, 0.4) is 0 Å². The number of ketones is 1. The lowest BCUT2D eigenvalue weighted by molar-refractivity contribution is -0.237. The summed E-state index contributed by atoms with van der Waals surface area (Å²) in [5.74, 6) is -4.59. The van der Waals surface area contributed by atoms with Crippen molar-refractivity contribution in [1.29, 1.82) is 0 Å². The number of allylic oxidation sites excluding steroid dienone is 4. The van der Waals surface area contributed by atoms with Gasteiger partial charge in [0.05, 0.1) is 6.42 Å². The summed E-state index contributed by atoms with van der Waals surface area (Å²) in [5, 5.41) is -0.756. The van der Waals surface area contributed by atoms with Crippen LogP contribution < -0.4 is 11.2 Å². The Labute approximate surface area is 295 Å². The Morgan fingerprint density at radius 1 is 1.10 bits per heavy atom. The number of H-pyrrole nitrogens is 1. The fraction of sp³-hybridized carbons (Fsp3) is 0.629. The number of aryl methyl sites for hydroxylation is 2. The van der Waals surface area contributed by atoms with Gasteiger partial charge in [0.25, 0.3) is 5.56 Å². The second-order valence-corrected chi connectivity index (χ2v) is 15.5. The van der Waals surface area contributed by atoms with Gasteiger partial charge in [-0.25, -0.2) is 22.9 Å². The molecule has 3 saturated carbocycles. The Morgan fingerprint density at radius 2 is 1.80 bits per heavy atom. The maximum Gasteiger partial charge on any atom is 0.332 e. The molecule has 2 heterocycles. The van der Waals surface area contributed by atoms with Crippen LogP contribution in [0.5, 0.6) is 0 Å². The first-order valence-corrected chi connectivity index (χ1v) is 18.0. The zero-order valence-corrected chi connectivity index (χ0v) is 30.0. The van der Waals surface area contributed by atoms with E-state index >= 15 is 8.78 Å². The molecule has 51 heavy (non-hydrogen) atoms. The molecule has 0 spiro atoms. The average Bonchev–Trinajstić information content (AvgIpc) is 3.61. The molecule has 6 rings (SSSR count). The summed E-state index contributed by atoms with van der Waals surface area (Å²) in [5.41, 5.74) is -8.71. The van der Waals surface area contributed by atoms with E-state index in [4.69, 9.17) is 9.47 Å². The summed E-state index contributed by atoms with van der Waals surface area (Å²) in [6, 6.07) is -1.10. The predicted molar refractivity (Wildman–Crippen MR) is 180 cm³/mol. The highest BCUT2D eigenvalue weighted by molar-refractivity contribution is 8.13. The van der Waals surface area contributed by atoms with Crippen LogP contribution in [-0.2, 0) is 49.2 Å². The zero-order valence-electron chi connectivity index (χ0n) is 29.2. The molecule has 9 atom stereocenters. The lowest BCUT2D eigenvalue weighted by Gasteiger charge is -2.63. The van der Waals surface area contributed by atoms with Crippen LogP contribution in [0.1, 0.15) is 65.6 Å². The van der Waals surface area contributed by atoms with Gasteiger partial charge in [-0.1, -0.05) is 26.8 Å². The van der Waals surface area contributed by atoms with E-state index in [9.17, 15) is 33.2 Å². The molecule has 2 aromatic rings. The number of imidazole rings is 1. The van der Waals surface area contributed by atoms with Gasteiger partial charge in [0.2, 0.25) is 5.12 Å². The van der Waals surface area contributed by atoms with Crippen LogP contribution >= 0.6 is 11.8 Å². The van der Waals surface area contributed by atoms with Crippen LogP contribution in [-0.4, -0.2) is 71.5 Å². The highest BCUT2D eigenvalue weighted by Gasteiger charge is 2.79. The Hall–Kier alpha value is -3.95. The minimum atomic E-state index is -2.48. The van der Waals surface area contributed by atoms with Crippen molar-refractivity contribution in [2.24, 2.45) is 42.7 Å². The monoisotopic (exact) mass is 734 g/mol. The molecule has 0 aromatic carbocycles. The van der Waals surface area contributed by atoms with E-state index in [0.29, 0.717) is 11.8 Å². The number of fused-ring (bicyclic) bond motifs is 6.